The Labute approximate surface area is 217 Å². The fourth-order valence-corrected chi connectivity index (χ4v) is 4.19. The normalized spacial score (nSPS) is 11.7. The minimum Gasteiger partial charge on any atom is -0.478 e. The van der Waals surface area contributed by atoms with Crippen LogP contribution < -0.4 is 5.32 Å². The van der Waals surface area contributed by atoms with Crippen LogP contribution in [0.5, 0.6) is 0 Å². The van der Waals surface area contributed by atoms with Gasteiger partial charge in [-0.25, -0.2) is 9.59 Å². The van der Waals surface area contributed by atoms with E-state index >= 15 is 0 Å². The molecule has 1 atom stereocenters. The maximum atomic E-state index is 12.6. The molecule has 0 saturated carbocycles. The standard InChI is InChI=1S/C27H22Cl2N2O5/c1-15-24(30-27(34)35-16(2)21-5-3-4-6-23(21)29)25(36-31-15)18-9-7-17(8-10-18)13-20-14-19(26(32)33)11-12-22(20)28/h3-12,14,16H,13H2,1-2H3,(H,30,34)(H,32,33). The number of halogens is 2. The molecule has 1 amide bonds. The molecule has 2 N–H and O–H groups in total. The van der Waals surface area contributed by atoms with Crippen molar-refractivity contribution in [1.29, 1.82) is 0 Å². The Bertz CT molecular complexity index is 1420. The van der Waals surface area contributed by atoms with E-state index in [1.807, 2.05) is 30.3 Å². The molecule has 0 radical (unpaired) electrons. The zero-order valence-corrected chi connectivity index (χ0v) is 20.9. The average molecular weight is 525 g/mol. The van der Waals surface area contributed by atoms with Gasteiger partial charge in [0.1, 0.15) is 17.5 Å². The van der Waals surface area contributed by atoms with Crippen LogP contribution in [-0.2, 0) is 11.2 Å². The molecule has 9 heteroatoms. The van der Waals surface area contributed by atoms with Gasteiger partial charge in [0.2, 0.25) is 0 Å². The molecule has 0 aliphatic carbocycles. The Kier molecular flexibility index (Phi) is 7.62. The van der Waals surface area contributed by atoms with Gasteiger partial charge < -0.3 is 14.4 Å². The van der Waals surface area contributed by atoms with Gasteiger partial charge >= 0.3 is 12.1 Å². The van der Waals surface area contributed by atoms with Crippen LogP contribution in [0.15, 0.2) is 71.3 Å². The highest BCUT2D eigenvalue weighted by molar-refractivity contribution is 6.31. The first-order valence-electron chi connectivity index (χ1n) is 11.0. The summed E-state index contributed by atoms with van der Waals surface area (Å²) in [5.74, 6) is -0.629. The van der Waals surface area contributed by atoms with Crippen molar-refractivity contribution in [3.63, 3.8) is 0 Å². The first-order chi connectivity index (χ1) is 17.2. The molecule has 3 aromatic carbocycles. The van der Waals surface area contributed by atoms with Gasteiger partial charge in [0.15, 0.2) is 5.76 Å². The van der Waals surface area contributed by atoms with E-state index in [1.165, 1.54) is 6.07 Å². The van der Waals surface area contributed by atoms with Crippen molar-refractivity contribution in [3.8, 4) is 11.3 Å². The number of carboxylic acids is 1. The van der Waals surface area contributed by atoms with E-state index in [2.05, 4.69) is 10.5 Å². The molecule has 0 bridgehead atoms. The molecule has 0 fully saturated rings. The minimum absolute atomic E-state index is 0.176. The van der Waals surface area contributed by atoms with Crippen LogP contribution in [0.3, 0.4) is 0 Å². The van der Waals surface area contributed by atoms with Gasteiger partial charge in [-0.05, 0) is 55.7 Å². The van der Waals surface area contributed by atoms with Crippen molar-refractivity contribution in [1.82, 2.24) is 5.16 Å². The van der Waals surface area contributed by atoms with Crippen molar-refractivity contribution in [2.75, 3.05) is 5.32 Å². The van der Waals surface area contributed by atoms with E-state index in [-0.39, 0.29) is 5.56 Å². The summed E-state index contributed by atoms with van der Waals surface area (Å²) in [6, 6.07) is 19.2. The largest absolute Gasteiger partial charge is 0.478 e. The van der Waals surface area contributed by atoms with E-state index in [4.69, 9.17) is 32.5 Å². The fourth-order valence-electron chi connectivity index (χ4n) is 3.71. The molecule has 4 rings (SSSR count). The van der Waals surface area contributed by atoms with Crippen molar-refractivity contribution in [2.45, 2.75) is 26.4 Å². The molecule has 0 aliphatic rings. The Hall–Kier alpha value is -3.81. The summed E-state index contributed by atoms with van der Waals surface area (Å²) in [5, 5.41) is 16.9. The zero-order valence-electron chi connectivity index (χ0n) is 19.4. The van der Waals surface area contributed by atoms with Crippen LogP contribution in [0.25, 0.3) is 11.3 Å². The number of hydrogen-bond donors (Lipinski definition) is 2. The maximum Gasteiger partial charge on any atom is 0.412 e. The number of aryl methyl sites for hydroxylation is 1. The molecule has 1 unspecified atom stereocenters. The summed E-state index contributed by atoms with van der Waals surface area (Å²) in [7, 11) is 0. The number of amides is 1. The van der Waals surface area contributed by atoms with Crippen molar-refractivity contribution in [2.24, 2.45) is 0 Å². The Morgan fingerprint density at radius 1 is 1.06 bits per heavy atom. The summed E-state index contributed by atoms with van der Waals surface area (Å²) in [5.41, 5.74) is 4.08. The fraction of sp³-hybridized carbons (Fsp3) is 0.148. The van der Waals surface area contributed by atoms with Crippen LogP contribution in [0.1, 0.15) is 45.8 Å². The van der Waals surface area contributed by atoms with Gasteiger partial charge in [0, 0.05) is 21.2 Å². The summed E-state index contributed by atoms with van der Waals surface area (Å²) >= 11 is 12.5. The maximum absolute atomic E-state index is 12.6. The van der Waals surface area contributed by atoms with Crippen molar-refractivity contribution < 1.29 is 24.0 Å². The lowest BCUT2D eigenvalue weighted by molar-refractivity contribution is 0.0696. The van der Waals surface area contributed by atoms with Crippen molar-refractivity contribution in [3.05, 3.63) is 105 Å². The Morgan fingerprint density at radius 2 is 1.78 bits per heavy atom. The molecule has 0 saturated heterocycles. The van der Waals surface area contributed by atoms with E-state index in [0.29, 0.717) is 50.3 Å². The number of carbonyl (C=O) groups excluding carboxylic acids is 1. The van der Waals surface area contributed by atoms with E-state index in [0.717, 1.165) is 5.56 Å². The smallest absolute Gasteiger partial charge is 0.412 e. The van der Waals surface area contributed by atoms with Gasteiger partial charge in [0.05, 0.1) is 5.56 Å². The highest BCUT2D eigenvalue weighted by Crippen LogP contribution is 2.33. The van der Waals surface area contributed by atoms with E-state index in [9.17, 15) is 14.7 Å². The van der Waals surface area contributed by atoms with Crippen LogP contribution in [-0.4, -0.2) is 22.3 Å². The topological polar surface area (TPSA) is 102 Å². The molecule has 1 aromatic heterocycles. The number of anilines is 1. The van der Waals surface area contributed by atoms with E-state index < -0.39 is 18.2 Å². The Balaban J connectivity index is 1.49. The van der Waals surface area contributed by atoms with Crippen LogP contribution in [0.2, 0.25) is 10.0 Å². The number of carbonyl (C=O) groups is 2. The second kappa shape index (κ2) is 10.8. The SMILES string of the molecule is Cc1noc(-c2ccc(Cc3cc(C(=O)O)ccc3Cl)cc2)c1NC(=O)OC(C)c1ccccc1Cl. The van der Waals surface area contributed by atoms with Gasteiger partial charge in [-0.3, -0.25) is 5.32 Å². The predicted molar refractivity (Wildman–Crippen MR) is 138 cm³/mol. The number of nitrogens with one attached hydrogen (secondary N) is 1. The average Bonchev–Trinajstić information content (AvgIpc) is 3.20. The van der Waals surface area contributed by atoms with Crippen LogP contribution in [0, 0.1) is 6.92 Å². The number of rotatable bonds is 7. The van der Waals surface area contributed by atoms with E-state index in [1.54, 1.807) is 44.2 Å². The third-order valence-corrected chi connectivity index (χ3v) is 6.33. The Morgan fingerprint density at radius 3 is 2.47 bits per heavy atom. The first kappa shape index (κ1) is 25.3. The molecule has 0 aliphatic heterocycles. The molecule has 7 nitrogen and oxygen atoms in total. The quantitative estimate of drug-likeness (QED) is 0.258. The number of aromatic nitrogens is 1. The van der Waals surface area contributed by atoms with Crippen LogP contribution in [0.4, 0.5) is 10.5 Å². The number of aromatic carboxylic acids is 1. The zero-order chi connectivity index (χ0) is 25.8. The van der Waals surface area contributed by atoms with Gasteiger partial charge in [0.25, 0.3) is 0 Å². The molecule has 184 valence electrons. The summed E-state index contributed by atoms with van der Waals surface area (Å²) < 4.78 is 11.0. The highest BCUT2D eigenvalue weighted by Gasteiger charge is 2.21. The van der Waals surface area contributed by atoms with Gasteiger partial charge in [-0.1, -0.05) is 70.8 Å². The second-order valence-electron chi connectivity index (χ2n) is 8.15. The molecule has 1 heterocycles. The number of hydrogen-bond acceptors (Lipinski definition) is 5. The number of nitrogens with zero attached hydrogens (tertiary/aromatic N) is 1. The first-order valence-corrected chi connectivity index (χ1v) is 11.8. The highest BCUT2D eigenvalue weighted by atomic mass is 35.5. The van der Waals surface area contributed by atoms with Crippen molar-refractivity contribution >= 4 is 41.0 Å². The third kappa shape index (κ3) is 5.70. The predicted octanol–water partition coefficient (Wildman–Crippen LogP) is 7.56. The van der Waals surface area contributed by atoms with Crippen LogP contribution >= 0.6 is 23.2 Å². The minimum atomic E-state index is -1.01. The number of benzene rings is 3. The van der Waals surface area contributed by atoms with Gasteiger partial charge in [-0.15, -0.1) is 0 Å². The lowest BCUT2D eigenvalue weighted by Crippen LogP contribution is -2.17. The molecule has 4 aromatic rings. The summed E-state index contributed by atoms with van der Waals surface area (Å²) in [4.78, 5) is 23.9. The second-order valence-corrected chi connectivity index (χ2v) is 8.97. The molecular formula is C27H22Cl2N2O5. The lowest BCUT2D eigenvalue weighted by Gasteiger charge is -2.15. The molecular weight excluding hydrogens is 503 g/mol. The summed E-state index contributed by atoms with van der Waals surface area (Å²) in [6.07, 6.45) is -0.778. The lowest BCUT2D eigenvalue weighted by atomic mass is 10.0. The summed E-state index contributed by atoms with van der Waals surface area (Å²) in [6.45, 7) is 3.45. The molecule has 36 heavy (non-hydrogen) atoms. The monoisotopic (exact) mass is 524 g/mol. The molecule has 0 spiro atoms. The number of carboxylic acid groups (broad SMARTS) is 1. The van der Waals surface area contributed by atoms with Gasteiger partial charge in [-0.2, -0.15) is 0 Å². The number of ether oxygens (including phenoxy) is 1. The third-order valence-electron chi connectivity index (χ3n) is 5.62.